The van der Waals surface area contributed by atoms with Gasteiger partial charge < -0.3 is 9.52 Å². The van der Waals surface area contributed by atoms with E-state index in [9.17, 15) is 5.11 Å². The van der Waals surface area contributed by atoms with Crippen LogP contribution in [-0.2, 0) is 5.41 Å². The highest BCUT2D eigenvalue weighted by Gasteiger charge is 2.14. The van der Waals surface area contributed by atoms with Gasteiger partial charge in [-0.05, 0) is 53.4 Å². The molecule has 0 aliphatic heterocycles. The molecule has 1 N–H and O–H groups in total. The zero-order chi connectivity index (χ0) is 21.6. The van der Waals surface area contributed by atoms with Gasteiger partial charge in [0, 0.05) is 11.5 Å². The Morgan fingerprint density at radius 1 is 0.935 bits per heavy atom. The van der Waals surface area contributed by atoms with Crippen molar-refractivity contribution in [2.75, 3.05) is 0 Å². The topological polar surface area (TPSA) is 58.6 Å². The molecule has 4 nitrogen and oxygen atoms in total. The second-order valence-corrected chi connectivity index (χ2v) is 9.61. The normalized spacial score (nSPS) is 12.7. The van der Waals surface area contributed by atoms with E-state index >= 15 is 0 Å². The Morgan fingerprint density at radius 2 is 1.71 bits per heavy atom. The third kappa shape index (κ3) is 3.84. The predicted molar refractivity (Wildman–Crippen MR) is 127 cm³/mol. The standard InChI is InChI=1S/C26H22N2O2S/c1-26(2,3)17-9-11-18(12-10-17)27-24-20(14-16-8-13-19(29)15-22(16)30-24)25-28-21-6-4-5-7-23(21)31-25/h4-15,29H,1-3H3. The van der Waals surface area contributed by atoms with Crippen LogP contribution in [0, 0.1) is 0 Å². The number of thiazole rings is 1. The average Bonchev–Trinajstić information content (AvgIpc) is 3.17. The van der Waals surface area contributed by atoms with Crippen LogP contribution in [0.2, 0.25) is 0 Å². The maximum absolute atomic E-state index is 9.90. The number of nitrogens with zero attached hydrogens (tertiary/aromatic N) is 2. The fraction of sp³-hybridized carbons (Fsp3) is 0.154. The van der Waals surface area contributed by atoms with Crippen LogP contribution in [0.4, 0.5) is 5.69 Å². The summed E-state index contributed by atoms with van der Waals surface area (Å²) >= 11 is 1.61. The van der Waals surface area contributed by atoms with Crippen LogP contribution in [0.1, 0.15) is 26.3 Å². The number of phenols is 1. The highest BCUT2D eigenvalue weighted by atomic mass is 32.1. The van der Waals surface area contributed by atoms with E-state index in [1.807, 2.05) is 42.5 Å². The lowest BCUT2D eigenvalue weighted by atomic mass is 9.87. The van der Waals surface area contributed by atoms with Gasteiger partial charge in [0.25, 0.3) is 0 Å². The first kappa shape index (κ1) is 19.5. The highest BCUT2D eigenvalue weighted by Crippen LogP contribution is 2.31. The molecule has 0 saturated carbocycles. The van der Waals surface area contributed by atoms with E-state index in [-0.39, 0.29) is 11.2 Å². The highest BCUT2D eigenvalue weighted by molar-refractivity contribution is 7.21. The monoisotopic (exact) mass is 426 g/mol. The molecule has 5 rings (SSSR count). The van der Waals surface area contributed by atoms with Crippen molar-refractivity contribution in [1.29, 1.82) is 0 Å². The Kier molecular flexibility index (Phi) is 4.63. The van der Waals surface area contributed by atoms with Crippen molar-refractivity contribution in [2.45, 2.75) is 26.2 Å². The summed E-state index contributed by atoms with van der Waals surface area (Å²) in [5.74, 6) is 0.157. The van der Waals surface area contributed by atoms with Gasteiger partial charge >= 0.3 is 0 Å². The molecule has 0 fully saturated rings. The van der Waals surface area contributed by atoms with Crippen molar-refractivity contribution in [3.05, 3.63) is 83.9 Å². The summed E-state index contributed by atoms with van der Waals surface area (Å²) in [5, 5.41) is 11.6. The van der Waals surface area contributed by atoms with E-state index in [1.165, 1.54) is 5.56 Å². The fourth-order valence-electron chi connectivity index (χ4n) is 3.48. The average molecular weight is 427 g/mol. The third-order valence-corrected chi connectivity index (χ3v) is 6.29. The van der Waals surface area contributed by atoms with E-state index < -0.39 is 0 Å². The number of aromatic nitrogens is 1. The number of hydrogen-bond acceptors (Lipinski definition) is 5. The summed E-state index contributed by atoms with van der Waals surface area (Å²) in [6, 6.07) is 23.4. The number of fused-ring (bicyclic) bond motifs is 2. The molecule has 0 amide bonds. The Labute approximate surface area is 184 Å². The Morgan fingerprint density at radius 3 is 2.45 bits per heavy atom. The summed E-state index contributed by atoms with van der Waals surface area (Å²) in [6.45, 7) is 6.57. The lowest BCUT2D eigenvalue weighted by Crippen LogP contribution is -2.10. The van der Waals surface area contributed by atoms with E-state index in [0.717, 1.165) is 31.9 Å². The van der Waals surface area contributed by atoms with Gasteiger partial charge in [0.2, 0.25) is 5.55 Å². The summed E-state index contributed by atoms with van der Waals surface area (Å²) in [6.07, 6.45) is 0. The molecule has 31 heavy (non-hydrogen) atoms. The minimum atomic E-state index is 0.0789. The molecule has 0 unspecified atom stereocenters. The number of phenolic OH excluding ortho intramolecular Hbond substituents is 1. The van der Waals surface area contributed by atoms with Crippen molar-refractivity contribution < 1.29 is 9.52 Å². The van der Waals surface area contributed by atoms with Gasteiger partial charge in [0.05, 0.1) is 21.5 Å². The van der Waals surface area contributed by atoms with Crippen LogP contribution in [0.3, 0.4) is 0 Å². The van der Waals surface area contributed by atoms with Crippen molar-refractivity contribution in [3.8, 4) is 16.3 Å². The van der Waals surface area contributed by atoms with E-state index in [0.29, 0.717) is 11.1 Å². The van der Waals surface area contributed by atoms with Crippen molar-refractivity contribution in [2.24, 2.45) is 4.99 Å². The number of rotatable bonds is 2. The molecular weight excluding hydrogens is 404 g/mol. The first-order chi connectivity index (χ1) is 14.9. The number of aromatic hydroxyl groups is 1. The number of benzene rings is 3. The van der Waals surface area contributed by atoms with Gasteiger partial charge in [-0.2, -0.15) is 0 Å². The van der Waals surface area contributed by atoms with Gasteiger partial charge in [-0.1, -0.05) is 45.0 Å². The van der Waals surface area contributed by atoms with E-state index in [2.05, 4.69) is 39.0 Å². The molecule has 0 bridgehead atoms. The molecule has 0 saturated heterocycles. The Bertz CT molecular complexity index is 1440. The van der Waals surface area contributed by atoms with Gasteiger partial charge in [-0.15, -0.1) is 11.3 Å². The lowest BCUT2D eigenvalue weighted by Gasteiger charge is -2.18. The lowest BCUT2D eigenvalue weighted by molar-refractivity contribution is 0.472. The molecule has 5 aromatic rings. The molecule has 5 heteroatoms. The Balaban J connectivity index is 1.73. The zero-order valence-corrected chi connectivity index (χ0v) is 18.4. The van der Waals surface area contributed by atoms with Crippen LogP contribution in [0.15, 0.2) is 82.2 Å². The first-order valence-electron chi connectivity index (χ1n) is 10.1. The van der Waals surface area contributed by atoms with Crippen molar-refractivity contribution in [3.63, 3.8) is 0 Å². The fourth-order valence-corrected chi connectivity index (χ4v) is 4.46. The molecular formula is C26H22N2O2S. The molecule has 2 aromatic heterocycles. The van der Waals surface area contributed by atoms with Crippen LogP contribution < -0.4 is 5.55 Å². The maximum Gasteiger partial charge on any atom is 0.230 e. The molecule has 0 radical (unpaired) electrons. The first-order valence-corrected chi connectivity index (χ1v) is 11.0. The van der Waals surface area contributed by atoms with E-state index in [1.54, 1.807) is 23.5 Å². The minimum Gasteiger partial charge on any atom is -0.508 e. The Hall–Kier alpha value is -3.44. The van der Waals surface area contributed by atoms with Gasteiger partial charge in [0.15, 0.2) is 0 Å². The minimum absolute atomic E-state index is 0.0789. The van der Waals surface area contributed by atoms with Crippen LogP contribution in [0.5, 0.6) is 5.75 Å². The zero-order valence-electron chi connectivity index (χ0n) is 17.6. The summed E-state index contributed by atoms with van der Waals surface area (Å²) in [5.41, 5.74) is 4.97. The van der Waals surface area contributed by atoms with Crippen molar-refractivity contribution >= 4 is 38.2 Å². The number of hydrogen-bond donors (Lipinski definition) is 1. The molecule has 0 atom stereocenters. The van der Waals surface area contributed by atoms with Crippen LogP contribution in [0.25, 0.3) is 31.8 Å². The summed E-state index contributed by atoms with van der Waals surface area (Å²) < 4.78 is 7.28. The quantitative estimate of drug-likeness (QED) is 0.332. The second kappa shape index (κ2) is 7.36. The van der Waals surface area contributed by atoms with Gasteiger partial charge in [-0.25, -0.2) is 9.98 Å². The predicted octanol–water partition coefficient (Wildman–Crippen LogP) is 6.95. The van der Waals surface area contributed by atoms with Crippen LogP contribution >= 0.6 is 11.3 Å². The third-order valence-electron chi connectivity index (χ3n) is 5.22. The summed E-state index contributed by atoms with van der Waals surface area (Å²) in [7, 11) is 0. The van der Waals surface area contributed by atoms with Gasteiger partial charge in [-0.3, -0.25) is 0 Å². The van der Waals surface area contributed by atoms with Gasteiger partial charge in [0.1, 0.15) is 16.3 Å². The molecule has 0 spiro atoms. The molecule has 0 aliphatic carbocycles. The van der Waals surface area contributed by atoms with E-state index in [4.69, 9.17) is 14.4 Å². The largest absolute Gasteiger partial charge is 0.508 e. The van der Waals surface area contributed by atoms with Crippen LogP contribution in [-0.4, -0.2) is 10.1 Å². The molecule has 3 aromatic carbocycles. The second-order valence-electron chi connectivity index (χ2n) is 8.58. The molecule has 154 valence electrons. The summed E-state index contributed by atoms with van der Waals surface area (Å²) in [4.78, 5) is 9.61. The smallest absolute Gasteiger partial charge is 0.230 e. The van der Waals surface area contributed by atoms with Crippen molar-refractivity contribution in [1.82, 2.24) is 4.98 Å². The maximum atomic E-state index is 9.90. The molecule has 2 heterocycles. The number of para-hydroxylation sites is 1. The SMILES string of the molecule is CC(C)(C)c1ccc(N=c2oc3cc(O)ccc3cc2-c2nc3ccccc3s2)cc1. The molecule has 0 aliphatic rings.